The number of likely N-dealkylation sites (tertiary alicyclic amines) is 1. The molecule has 0 radical (unpaired) electrons. The van der Waals surface area contributed by atoms with Crippen LogP contribution in [0.3, 0.4) is 0 Å². The van der Waals surface area contributed by atoms with Gasteiger partial charge in [0.2, 0.25) is 11.2 Å². The molecule has 15 nitrogen and oxygen atoms in total. The van der Waals surface area contributed by atoms with Crippen molar-refractivity contribution in [3.63, 3.8) is 0 Å². The van der Waals surface area contributed by atoms with Gasteiger partial charge in [0.25, 0.3) is 11.8 Å². The standard InChI is InChI=1S/C53H58ClN5O10/c1-4-5-10-33(2)30-59-21-19-34(20-22-59)31-69-52(65)53(66,36-11-7-6-8-12-36)37-13-9-14-40(24-37)68-32-49(63)56-38-25-39(26-38)57-51(64)43-27-47(67-3)35(23-44(43)54)28-55-29-46(61)41-15-17-45(60)50-42(41)16-18-48(62)58-50/h4-18,23-24,27,34,38-39,46,55,60-61,66H,1-2,19-22,25-26,28-32H2,3H3,(H,56,63)(H,57,64)(H,58,62)/b10-5-/t38-,39-,46-,53?/m0/s1. The Balaban J connectivity index is 0.869. The summed E-state index contributed by atoms with van der Waals surface area (Å²) < 4.78 is 17.3. The van der Waals surface area contributed by atoms with Crippen LogP contribution in [0.5, 0.6) is 17.2 Å². The summed E-state index contributed by atoms with van der Waals surface area (Å²) in [5.74, 6) is -0.869. The number of esters is 1. The molecule has 0 bridgehead atoms. The molecule has 2 fully saturated rings. The van der Waals surface area contributed by atoms with Crippen LogP contribution in [0.4, 0.5) is 0 Å². The minimum Gasteiger partial charge on any atom is -0.506 e. The summed E-state index contributed by atoms with van der Waals surface area (Å²) in [4.78, 5) is 56.9. The van der Waals surface area contributed by atoms with E-state index in [2.05, 4.69) is 39.0 Å². The molecule has 5 aromatic rings. The molecule has 1 saturated heterocycles. The van der Waals surface area contributed by atoms with Crippen LogP contribution in [0.2, 0.25) is 5.02 Å². The normalized spacial score (nSPS) is 17.6. The van der Waals surface area contributed by atoms with E-state index in [1.54, 1.807) is 78.9 Å². The summed E-state index contributed by atoms with van der Waals surface area (Å²) in [6.45, 7) is 10.4. The molecule has 7 rings (SSSR count). The van der Waals surface area contributed by atoms with E-state index < -0.39 is 23.6 Å². The number of allylic oxidation sites excluding steroid dienone is 2. The topological polar surface area (TPSA) is 212 Å². The average molecular weight is 961 g/mol. The number of aromatic nitrogens is 1. The minimum atomic E-state index is -2.14. The highest BCUT2D eigenvalue weighted by Gasteiger charge is 2.42. The van der Waals surface area contributed by atoms with Gasteiger partial charge in [-0.15, -0.1) is 0 Å². The van der Waals surface area contributed by atoms with Crippen molar-refractivity contribution in [2.75, 3.05) is 46.5 Å². The molecule has 0 spiro atoms. The van der Waals surface area contributed by atoms with Crippen LogP contribution < -0.4 is 31.0 Å². The number of aromatic hydroxyl groups is 1. The van der Waals surface area contributed by atoms with E-state index in [0.29, 0.717) is 40.7 Å². The van der Waals surface area contributed by atoms with E-state index in [1.165, 1.54) is 25.3 Å². The number of carbonyl (C=O) groups excluding carboxylic acids is 3. The summed E-state index contributed by atoms with van der Waals surface area (Å²) in [5, 5.41) is 43.1. The zero-order valence-electron chi connectivity index (χ0n) is 38.4. The molecule has 2 atom stereocenters. The number of H-pyrrole nitrogens is 1. The molecule has 1 unspecified atom stereocenters. The Morgan fingerprint density at radius 2 is 1.71 bits per heavy atom. The summed E-state index contributed by atoms with van der Waals surface area (Å²) in [7, 11) is 1.48. The third-order valence-corrected chi connectivity index (χ3v) is 12.8. The zero-order valence-corrected chi connectivity index (χ0v) is 39.2. The van der Waals surface area contributed by atoms with E-state index in [1.807, 2.05) is 12.2 Å². The van der Waals surface area contributed by atoms with E-state index >= 15 is 0 Å². The zero-order chi connectivity index (χ0) is 49.1. The number of phenols is 1. The predicted octanol–water partition coefficient (Wildman–Crippen LogP) is 5.96. The second-order valence-electron chi connectivity index (χ2n) is 17.4. The molecule has 1 aliphatic carbocycles. The van der Waals surface area contributed by atoms with Crippen LogP contribution in [0.1, 0.15) is 64.4 Å². The van der Waals surface area contributed by atoms with Gasteiger partial charge in [-0.1, -0.05) is 91.5 Å². The van der Waals surface area contributed by atoms with Gasteiger partial charge in [-0.25, -0.2) is 4.79 Å². The van der Waals surface area contributed by atoms with Gasteiger partial charge >= 0.3 is 5.97 Å². The molecule has 1 saturated carbocycles. The molecule has 2 aliphatic rings. The van der Waals surface area contributed by atoms with Crippen molar-refractivity contribution in [2.45, 2.75) is 56.0 Å². The molecular formula is C53H58ClN5O10. The number of halogens is 1. The fourth-order valence-corrected chi connectivity index (χ4v) is 8.95. The van der Waals surface area contributed by atoms with Gasteiger partial charge in [-0.05, 0) is 97.8 Å². The van der Waals surface area contributed by atoms with Crippen molar-refractivity contribution in [1.82, 2.24) is 25.8 Å². The Labute approximate surface area is 405 Å². The highest BCUT2D eigenvalue weighted by atomic mass is 35.5. The summed E-state index contributed by atoms with van der Waals surface area (Å²) in [6.07, 6.45) is 7.18. The number of hydrogen-bond acceptors (Lipinski definition) is 12. The fourth-order valence-electron chi connectivity index (χ4n) is 8.68. The Morgan fingerprint density at radius 1 is 0.971 bits per heavy atom. The molecule has 2 heterocycles. The number of amides is 2. The lowest BCUT2D eigenvalue weighted by atomic mass is 9.86. The van der Waals surface area contributed by atoms with Gasteiger partial charge < -0.3 is 50.5 Å². The number of ether oxygens (including phenoxy) is 3. The number of aliphatic hydroxyl groups excluding tert-OH is 1. The van der Waals surface area contributed by atoms with Gasteiger partial charge in [0.05, 0.1) is 35.9 Å². The van der Waals surface area contributed by atoms with Crippen LogP contribution >= 0.6 is 11.6 Å². The second kappa shape index (κ2) is 23.0. The van der Waals surface area contributed by atoms with Crippen LogP contribution in [0.15, 0.2) is 133 Å². The first-order chi connectivity index (χ1) is 33.2. The molecule has 1 aliphatic heterocycles. The number of aromatic amines is 1. The molecule has 2 amide bonds. The highest BCUT2D eigenvalue weighted by Crippen LogP contribution is 2.35. The van der Waals surface area contributed by atoms with Crippen molar-refractivity contribution >= 4 is 40.3 Å². The Hall–Kier alpha value is -6.75. The largest absolute Gasteiger partial charge is 0.506 e. The highest BCUT2D eigenvalue weighted by molar-refractivity contribution is 6.34. The van der Waals surface area contributed by atoms with Crippen LogP contribution in [0.25, 0.3) is 10.9 Å². The first-order valence-electron chi connectivity index (χ1n) is 22.8. The van der Waals surface area contributed by atoms with E-state index in [0.717, 1.165) is 38.0 Å². The second-order valence-corrected chi connectivity index (χ2v) is 17.9. The predicted molar refractivity (Wildman–Crippen MR) is 263 cm³/mol. The number of aliphatic hydroxyl groups is 2. The van der Waals surface area contributed by atoms with Crippen molar-refractivity contribution in [3.8, 4) is 17.2 Å². The Bertz CT molecular complexity index is 2750. The van der Waals surface area contributed by atoms with Gasteiger partial charge in [0.1, 0.15) is 17.2 Å². The van der Waals surface area contributed by atoms with Crippen LogP contribution in [-0.4, -0.2) is 102 Å². The first-order valence-corrected chi connectivity index (χ1v) is 23.2. The van der Waals surface area contributed by atoms with Gasteiger partial charge in [0, 0.05) is 54.3 Å². The van der Waals surface area contributed by atoms with E-state index in [-0.39, 0.29) is 88.9 Å². The maximum Gasteiger partial charge on any atom is 0.347 e. The van der Waals surface area contributed by atoms with Crippen molar-refractivity contribution in [2.24, 2.45) is 5.92 Å². The SMILES string of the molecule is C=C/C=C\C(=C)CN1CCC(COC(=O)C(O)(c2ccccc2)c2cccc(OCC(=O)N[C@H]3C[C@H](NC(=O)c4cc(OC)c(CNC[C@H](O)c5ccc(O)c6[nH]c(=O)ccc56)cc4Cl)C3)c2)CC1. The number of benzene rings is 4. The minimum absolute atomic E-state index is 0.103. The Morgan fingerprint density at radius 3 is 2.45 bits per heavy atom. The number of methoxy groups -OCH3 is 1. The molecular weight excluding hydrogens is 902 g/mol. The summed E-state index contributed by atoms with van der Waals surface area (Å²) in [5.41, 5.74) is 0.663. The molecule has 362 valence electrons. The van der Waals surface area contributed by atoms with E-state index in [4.69, 9.17) is 25.8 Å². The maximum absolute atomic E-state index is 13.8. The number of hydrogen-bond donors (Lipinski definition) is 7. The Kier molecular flexibility index (Phi) is 16.7. The molecule has 4 aromatic carbocycles. The number of nitrogens with one attached hydrogen (secondary N) is 4. The van der Waals surface area contributed by atoms with Crippen molar-refractivity contribution < 1.29 is 43.9 Å². The maximum atomic E-state index is 13.8. The van der Waals surface area contributed by atoms with Gasteiger partial charge in [0.15, 0.2) is 6.61 Å². The lowest BCUT2D eigenvalue weighted by Gasteiger charge is -2.36. The number of carbonyl (C=O) groups is 3. The average Bonchev–Trinajstić information content (AvgIpc) is 3.34. The number of phenolic OH excluding ortho intramolecular Hbond substituents is 1. The quantitative estimate of drug-likeness (QED) is 0.0336. The number of nitrogens with zero attached hydrogens (tertiary/aromatic N) is 1. The summed E-state index contributed by atoms with van der Waals surface area (Å²) in [6, 6.07) is 23.6. The lowest BCUT2D eigenvalue weighted by Crippen LogP contribution is -2.54. The fraction of sp³-hybridized carbons (Fsp3) is 0.321. The van der Waals surface area contributed by atoms with E-state index in [9.17, 15) is 34.5 Å². The monoisotopic (exact) mass is 959 g/mol. The van der Waals surface area contributed by atoms with Crippen molar-refractivity contribution in [1.29, 1.82) is 0 Å². The van der Waals surface area contributed by atoms with Gasteiger partial charge in [-0.2, -0.15) is 0 Å². The third-order valence-electron chi connectivity index (χ3n) is 12.5. The molecule has 1 aromatic heterocycles. The molecule has 7 N–H and O–H groups in total. The van der Waals surface area contributed by atoms with Crippen LogP contribution in [-0.2, 0) is 26.5 Å². The lowest BCUT2D eigenvalue weighted by molar-refractivity contribution is -0.164. The molecule has 16 heteroatoms. The van der Waals surface area contributed by atoms with Crippen molar-refractivity contribution in [3.05, 3.63) is 171 Å². The summed E-state index contributed by atoms with van der Waals surface area (Å²) >= 11 is 6.60. The number of fused-ring (bicyclic) bond motifs is 1. The third kappa shape index (κ3) is 12.5. The number of pyridine rings is 1. The first kappa shape index (κ1) is 50.1. The molecule has 69 heavy (non-hydrogen) atoms. The van der Waals surface area contributed by atoms with Gasteiger partial charge in [-0.3, -0.25) is 19.3 Å². The van der Waals surface area contributed by atoms with Crippen LogP contribution in [0, 0.1) is 5.92 Å². The number of rotatable bonds is 21. The smallest absolute Gasteiger partial charge is 0.347 e. The number of piperidine rings is 1.